The van der Waals surface area contributed by atoms with Crippen molar-refractivity contribution in [3.63, 3.8) is 0 Å². The highest BCUT2D eigenvalue weighted by Gasteiger charge is 2.12. The maximum atomic E-state index is 5.30. The highest BCUT2D eigenvalue weighted by atomic mass is 16.5. The van der Waals surface area contributed by atoms with Gasteiger partial charge in [-0.3, -0.25) is 0 Å². The molecule has 1 aromatic carbocycles. The van der Waals surface area contributed by atoms with E-state index in [1.54, 1.807) is 14.2 Å². The Morgan fingerprint density at radius 3 is 2.05 bits per heavy atom. The molecule has 0 aromatic heterocycles. The van der Waals surface area contributed by atoms with E-state index in [2.05, 4.69) is 38.2 Å². The van der Waals surface area contributed by atoms with Gasteiger partial charge in [0.25, 0.3) is 0 Å². The normalized spacial score (nSPS) is 12.5. The van der Waals surface area contributed by atoms with E-state index in [1.807, 2.05) is 6.07 Å². The predicted molar refractivity (Wildman–Crippen MR) is 80.2 cm³/mol. The molecule has 1 unspecified atom stereocenters. The van der Waals surface area contributed by atoms with Gasteiger partial charge in [-0.15, -0.1) is 0 Å². The van der Waals surface area contributed by atoms with Gasteiger partial charge in [-0.25, -0.2) is 0 Å². The number of hydrogen-bond acceptors (Lipinski definition) is 3. The van der Waals surface area contributed by atoms with E-state index >= 15 is 0 Å². The van der Waals surface area contributed by atoms with Crippen molar-refractivity contribution in [1.29, 1.82) is 0 Å². The van der Waals surface area contributed by atoms with E-state index in [4.69, 9.17) is 9.47 Å². The molecule has 0 amide bonds. The minimum atomic E-state index is 0.558. The molecule has 0 heterocycles. The first-order chi connectivity index (χ1) is 9.10. The van der Waals surface area contributed by atoms with Crippen molar-refractivity contribution in [2.75, 3.05) is 20.8 Å². The quantitative estimate of drug-likeness (QED) is 0.782. The van der Waals surface area contributed by atoms with Gasteiger partial charge in [-0.1, -0.05) is 20.8 Å². The van der Waals surface area contributed by atoms with Crippen LogP contribution in [0.25, 0.3) is 0 Å². The minimum Gasteiger partial charge on any atom is -0.497 e. The molecule has 3 nitrogen and oxygen atoms in total. The van der Waals surface area contributed by atoms with Gasteiger partial charge in [0, 0.05) is 12.1 Å². The van der Waals surface area contributed by atoms with Crippen LogP contribution in [-0.4, -0.2) is 26.8 Å². The van der Waals surface area contributed by atoms with Crippen LogP contribution in [0.15, 0.2) is 18.2 Å². The topological polar surface area (TPSA) is 30.5 Å². The Kier molecular flexibility index (Phi) is 6.71. The third-order valence-corrected chi connectivity index (χ3v) is 3.43. The van der Waals surface area contributed by atoms with E-state index in [0.717, 1.165) is 30.9 Å². The molecule has 1 aromatic rings. The maximum absolute atomic E-state index is 5.30. The van der Waals surface area contributed by atoms with Crippen LogP contribution in [0.3, 0.4) is 0 Å². The zero-order chi connectivity index (χ0) is 14.3. The van der Waals surface area contributed by atoms with Crippen molar-refractivity contribution in [2.45, 2.75) is 39.7 Å². The van der Waals surface area contributed by atoms with Gasteiger partial charge >= 0.3 is 0 Å². The SMILES string of the molecule is CCNC(CCc1cc(OC)cc(OC)c1)C(C)C. The molecule has 1 atom stereocenters. The molecule has 0 bridgehead atoms. The van der Waals surface area contributed by atoms with Crippen molar-refractivity contribution in [3.8, 4) is 11.5 Å². The predicted octanol–water partition coefficient (Wildman–Crippen LogP) is 3.27. The number of aryl methyl sites for hydroxylation is 1. The van der Waals surface area contributed by atoms with Crippen LogP contribution >= 0.6 is 0 Å². The highest BCUT2D eigenvalue weighted by molar-refractivity contribution is 5.38. The first kappa shape index (κ1) is 15.8. The first-order valence-corrected chi connectivity index (χ1v) is 7.06. The van der Waals surface area contributed by atoms with Gasteiger partial charge in [0.1, 0.15) is 11.5 Å². The van der Waals surface area contributed by atoms with Gasteiger partial charge in [0.2, 0.25) is 0 Å². The summed E-state index contributed by atoms with van der Waals surface area (Å²) in [6.07, 6.45) is 2.16. The second-order valence-corrected chi connectivity index (χ2v) is 5.17. The van der Waals surface area contributed by atoms with Crippen LogP contribution in [-0.2, 0) is 6.42 Å². The third-order valence-electron chi connectivity index (χ3n) is 3.43. The Bertz CT molecular complexity index is 355. The van der Waals surface area contributed by atoms with Crippen LogP contribution in [0.4, 0.5) is 0 Å². The largest absolute Gasteiger partial charge is 0.497 e. The van der Waals surface area contributed by atoms with E-state index < -0.39 is 0 Å². The number of rotatable bonds is 8. The monoisotopic (exact) mass is 265 g/mol. The minimum absolute atomic E-state index is 0.558. The van der Waals surface area contributed by atoms with E-state index in [9.17, 15) is 0 Å². The summed E-state index contributed by atoms with van der Waals surface area (Å²) in [7, 11) is 3.38. The number of hydrogen-bond donors (Lipinski definition) is 1. The average molecular weight is 265 g/mol. The Hall–Kier alpha value is -1.22. The standard InChI is InChI=1S/C16H27NO2/c1-6-17-16(12(2)3)8-7-13-9-14(18-4)11-15(10-13)19-5/h9-12,16-17H,6-8H2,1-5H3. The number of nitrogens with one attached hydrogen (secondary N) is 1. The molecule has 0 radical (unpaired) electrons. The first-order valence-electron chi connectivity index (χ1n) is 7.06. The summed E-state index contributed by atoms with van der Waals surface area (Å²) in [4.78, 5) is 0. The molecule has 0 saturated carbocycles. The molecule has 0 aliphatic carbocycles. The lowest BCUT2D eigenvalue weighted by Gasteiger charge is -2.21. The van der Waals surface area contributed by atoms with Crippen molar-refractivity contribution in [3.05, 3.63) is 23.8 Å². The van der Waals surface area contributed by atoms with Gasteiger partial charge in [-0.05, 0) is 43.0 Å². The summed E-state index contributed by atoms with van der Waals surface area (Å²) in [5.41, 5.74) is 1.26. The number of ether oxygens (including phenoxy) is 2. The average Bonchev–Trinajstić information content (AvgIpc) is 2.42. The van der Waals surface area contributed by atoms with E-state index in [1.165, 1.54) is 5.56 Å². The zero-order valence-electron chi connectivity index (χ0n) is 12.8. The van der Waals surface area contributed by atoms with Crippen LogP contribution in [0, 0.1) is 5.92 Å². The summed E-state index contributed by atoms with van der Waals surface area (Å²) in [6, 6.07) is 6.65. The fraction of sp³-hybridized carbons (Fsp3) is 0.625. The zero-order valence-corrected chi connectivity index (χ0v) is 12.8. The highest BCUT2D eigenvalue weighted by Crippen LogP contribution is 2.24. The molecule has 19 heavy (non-hydrogen) atoms. The Morgan fingerprint density at radius 1 is 1.05 bits per heavy atom. The second kappa shape index (κ2) is 8.05. The molecule has 3 heteroatoms. The van der Waals surface area contributed by atoms with Gasteiger partial charge in [0.05, 0.1) is 14.2 Å². The molecule has 0 spiro atoms. The van der Waals surface area contributed by atoms with Crippen molar-refractivity contribution >= 4 is 0 Å². The smallest absolute Gasteiger partial charge is 0.122 e. The van der Waals surface area contributed by atoms with Crippen LogP contribution in [0.5, 0.6) is 11.5 Å². The van der Waals surface area contributed by atoms with Crippen molar-refractivity contribution in [2.24, 2.45) is 5.92 Å². The summed E-state index contributed by atoms with van der Waals surface area (Å²) in [6.45, 7) is 7.70. The lowest BCUT2D eigenvalue weighted by molar-refractivity contribution is 0.381. The van der Waals surface area contributed by atoms with Crippen molar-refractivity contribution in [1.82, 2.24) is 5.32 Å². The van der Waals surface area contributed by atoms with Crippen LogP contribution in [0.1, 0.15) is 32.8 Å². The fourth-order valence-corrected chi connectivity index (χ4v) is 2.27. The molecule has 1 N–H and O–H groups in total. The fourth-order valence-electron chi connectivity index (χ4n) is 2.27. The molecule has 108 valence electrons. The number of methoxy groups -OCH3 is 2. The van der Waals surface area contributed by atoms with Gasteiger partial charge in [-0.2, -0.15) is 0 Å². The summed E-state index contributed by atoms with van der Waals surface area (Å²) in [5.74, 6) is 2.37. The Labute approximate surface area is 117 Å². The summed E-state index contributed by atoms with van der Waals surface area (Å²) >= 11 is 0. The van der Waals surface area contributed by atoms with Crippen LogP contribution in [0.2, 0.25) is 0 Å². The van der Waals surface area contributed by atoms with Gasteiger partial charge in [0.15, 0.2) is 0 Å². The molecular formula is C16H27NO2. The molecule has 0 aliphatic heterocycles. The number of benzene rings is 1. The summed E-state index contributed by atoms with van der Waals surface area (Å²) in [5, 5.41) is 3.55. The van der Waals surface area contributed by atoms with Crippen LogP contribution < -0.4 is 14.8 Å². The summed E-state index contributed by atoms with van der Waals surface area (Å²) < 4.78 is 10.6. The Balaban J connectivity index is 2.70. The molecule has 1 rings (SSSR count). The third kappa shape index (κ3) is 5.11. The van der Waals surface area contributed by atoms with E-state index in [0.29, 0.717) is 12.0 Å². The molecule has 0 fully saturated rings. The van der Waals surface area contributed by atoms with Crippen molar-refractivity contribution < 1.29 is 9.47 Å². The lowest BCUT2D eigenvalue weighted by atomic mass is 9.96. The molecule has 0 aliphatic rings. The maximum Gasteiger partial charge on any atom is 0.122 e. The van der Waals surface area contributed by atoms with Gasteiger partial charge < -0.3 is 14.8 Å². The lowest BCUT2D eigenvalue weighted by Crippen LogP contribution is -2.34. The van der Waals surface area contributed by atoms with E-state index in [-0.39, 0.29) is 0 Å². The molecular weight excluding hydrogens is 238 g/mol. The Morgan fingerprint density at radius 2 is 1.63 bits per heavy atom. The molecule has 0 saturated heterocycles. The second-order valence-electron chi connectivity index (χ2n) is 5.17.